The third kappa shape index (κ3) is 3.21. The van der Waals surface area contributed by atoms with Gasteiger partial charge in [0, 0.05) is 6.92 Å². The van der Waals surface area contributed by atoms with Gasteiger partial charge in [-0.25, -0.2) is 0 Å². The second-order valence-electron chi connectivity index (χ2n) is 1.43. The molecule has 0 aliphatic rings. The minimum Gasteiger partial charge on any atom is -0.385 e. The summed E-state index contributed by atoms with van der Waals surface area (Å²) in [6.07, 6.45) is 1.63. The van der Waals surface area contributed by atoms with Crippen LogP contribution in [-0.2, 0) is 4.79 Å². The third-order valence-electron chi connectivity index (χ3n) is 0.631. The lowest BCUT2D eigenvalue weighted by Gasteiger charge is -1.96. The van der Waals surface area contributed by atoms with Crippen LogP contribution in [0.5, 0.6) is 0 Å². The lowest BCUT2D eigenvalue weighted by atomic mass is 10.6. The number of carbonyl (C=O) groups excluding carboxylic acids is 1. The number of nitrogens with one attached hydrogen (secondary N) is 1. The van der Waals surface area contributed by atoms with Crippen LogP contribution in [0.15, 0.2) is 11.9 Å². The van der Waals surface area contributed by atoms with Crippen molar-refractivity contribution in [1.29, 1.82) is 0 Å². The Labute approximate surface area is 48.6 Å². The summed E-state index contributed by atoms with van der Waals surface area (Å²) in [6.45, 7) is 3.17. The van der Waals surface area contributed by atoms with Crippen LogP contribution in [0, 0.1) is 0 Å². The summed E-state index contributed by atoms with van der Waals surface area (Å²) in [5.41, 5.74) is 5.20. The molecule has 3 N–H and O–H groups in total. The van der Waals surface area contributed by atoms with Gasteiger partial charge in [-0.05, 0) is 13.0 Å². The minimum absolute atomic E-state index is 0.138. The summed E-state index contributed by atoms with van der Waals surface area (Å²) in [5, 5.41) is 2.39. The first-order valence-electron chi connectivity index (χ1n) is 2.36. The van der Waals surface area contributed by atoms with E-state index < -0.39 is 0 Å². The van der Waals surface area contributed by atoms with Gasteiger partial charge in [0.2, 0.25) is 5.91 Å². The number of nitrogens with two attached hydrogens (primary N) is 1. The van der Waals surface area contributed by atoms with E-state index in [0.29, 0.717) is 5.82 Å². The van der Waals surface area contributed by atoms with Crippen molar-refractivity contribution in [2.75, 3.05) is 0 Å². The topological polar surface area (TPSA) is 55.1 Å². The highest BCUT2D eigenvalue weighted by molar-refractivity contribution is 5.74. The molecule has 8 heavy (non-hydrogen) atoms. The van der Waals surface area contributed by atoms with Gasteiger partial charge < -0.3 is 11.1 Å². The van der Waals surface area contributed by atoms with Crippen molar-refractivity contribution in [2.24, 2.45) is 5.73 Å². The molecule has 0 aliphatic carbocycles. The number of hydrogen-bond acceptors (Lipinski definition) is 2. The molecule has 0 saturated heterocycles. The predicted octanol–water partition coefficient (Wildman–Crippen LogP) is -0.0575. The monoisotopic (exact) mass is 114 g/mol. The standard InChI is InChI=1S/C5H10N2O/c1-3-5(6)7-4(2)8/h3H,6H2,1-2H3,(H,7,8). The van der Waals surface area contributed by atoms with E-state index in [1.54, 1.807) is 13.0 Å². The van der Waals surface area contributed by atoms with Gasteiger partial charge in [-0.2, -0.15) is 0 Å². The van der Waals surface area contributed by atoms with Crippen molar-refractivity contribution >= 4 is 5.91 Å². The van der Waals surface area contributed by atoms with E-state index in [4.69, 9.17) is 5.73 Å². The summed E-state index contributed by atoms with van der Waals surface area (Å²) in [4.78, 5) is 10.2. The molecule has 1 amide bonds. The number of carbonyl (C=O) groups is 1. The molecule has 0 radical (unpaired) electrons. The van der Waals surface area contributed by atoms with Crippen molar-refractivity contribution in [3.05, 3.63) is 11.9 Å². The van der Waals surface area contributed by atoms with Gasteiger partial charge in [0.05, 0.1) is 5.82 Å². The number of allylic oxidation sites excluding steroid dienone is 1. The number of rotatable bonds is 1. The second-order valence-corrected chi connectivity index (χ2v) is 1.43. The van der Waals surface area contributed by atoms with E-state index >= 15 is 0 Å². The van der Waals surface area contributed by atoms with E-state index in [0.717, 1.165) is 0 Å². The summed E-state index contributed by atoms with van der Waals surface area (Å²) >= 11 is 0. The van der Waals surface area contributed by atoms with E-state index in [1.165, 1.54) is 6.92 Å². The fourth-order valence-corrected chi connectivity index (χ4v) is 0.275. The quantitative estimate of drug-likeness (QED) is 0.502. The zero-order valence-corrected chi connectivity index (χ0v) is 5.06. The molecular weight excluding hydrogens is 104 g/mol. The van der Waals surface area contributed by atoms with Crippen molar-refractivity contribution in [2.45, 2.75) is 13.8 Å². The third-order valence-corrected chi connectivity index (χ3v) is 0.631. The van der Waals surface area contributed by atoms with Gasteiger partial charge in [0.15, 0.2) is 0 Å². The first-order chi connectivity index (χ1) is 3.66. The molecule has 3 heteroatoms. The van der Waals surface area contributed by atoms with Crippen molar-refractivity contribution in [3.8, 4) is 0 Å². The largest absolute Gasteiger partial charge is 0.385 e. The average molecular weight is 114 g/mol. The Bertz CT molecular complexity index is 118. The zero-order chi connectivity index (χ0) is 6.57. The van der Waals surface area contributed by atoms with Crippen LogP contribution in [0.25, 0.3) is 0 Å². The van der Waals surface area contributed by atoms with Gasteiger partial charge in [-0.3, -0.25) is 4.79 Å². The van der Waals surface area contributed by atoms with Crippen LogP contribution in [0.1, 0.15) is 13.8 Å². The van der Waals surface area contributed by atoms with E-state index in [-0.39, 0.29) is 5.91 Å². The van der Waals surface area contributed by atoms with Gasteiger partial charge in [-0.15, -0.1) is 0 Å². The zero-order valence-electron chi connectivity index (χ0n) is 5.06. The molecule has 0 saturated carbocycles. The SMILES string of the molecule is CC=C(N)NC(C)=O. The number of hydrogen-bond donors (Lipinski definition) is 2. The maximum atomic E-state index is 10.2. The molecule has 0 heterocycles. The van der Waals surface area contributed by atoms with Gasteiger partial charge >= 0.3 is 0 Å². The Balaban J connectivity index is 3.56. The Morgan fingerprint density at radius 1 is 1.75 bits per heavy atom. The molecule has 0 aromatic heterocycles. The maximum Gasteiger partial charge on any atom is 0.222 e. The molecule has 46 valence electrons. The molecule has 0 fully saturated rings. The molecule has 0 spiro atoms. The highest BCUT2D eigenvalue weighted by atomic mass is 16.1. The highest BCUT2D eigenvalue weighted by Gasteiger charge is 1.87. The van der Waals surface area contributed by atoms with Gasteiger partial charge in [0.1, 0.15) is 0 Å². The fourth-order valence-electron chi connectivity index (χ4n) is 0.275. The van der Waals surface area contributed by atoms with Crippen LogP contribution in [0.4, 0.5) is 0 Å². The maximum absolute atomic E-state index is 10.2. The van der Waals surface area contributed by atoms with E-state index in [2.05, 4.69) is 5.32 Å². The minimum atomic E-state index is -0.138. The van der Waals surface area contributed by atoms with Crippen LogP contribution < -0.4 is 11.1 Å². The Kier molecular flexibility index (Phi) is 2.69. The van der Waals surface area contributed by atoms with E-state index in [1.807, 2.05) is 0 Å². The van der Waals surface area contributed by atoms with Crippen molar-refractivity contribution in [3.63, 3.8) is 0 Å². The molecule has 3 nitrogen and oxygen atoms in total. The first kappa shape index (κ1) is 7.01. The molecule has 0 bridgehead atoms. The highest BCUT2D eigenvalue weighted by Crippen LogP contribution is 1.72. The molecule has 0 rings (SSSR count). The molecule has 0 aromatic carbocycles. The average Bonchev–Trinajstić information content (AvgIpc) is 1.65. The van der Waals surface area contributed by atoms with E-state index in [9.17, 15) is 4.79 Å². The second kappa shape index (κ2) is 3.07. The Morgan fingerprint density at radius 3 is 2.38 bits per heavy atom. The molecule has 0 unspecified atom stereocenters. The first-order valence-corrected chi connectivity index (χ1v) is 2.36. The van der Waals surface area contributed by atoms with Crippen molar-refractivity contribution in [1.82, 2.24) is 5.32 Å². The lowest BCUT2D eigenvalue weighted by Crippen LogP contribution is -2.24. The Morgan fingerprint density at radius 2 is 2.25 bits per heavy atom. The molecular formula is C5H10N2O. The summed E-state index contributed by atoms with van der Waals surface area (Å²) in [6, 6.07) is 0. The normalized spacial score (nSPS) is 11.0. The predicted molar refractivity (Wildman–Crippen MR) is 31.8 cm³/mol. The summed E-state index contributed by atoms with van der Waals surface area (Å²) in [5.74, 6) is 0.262. The Hall–Kier alpha value is -0.990. The van der Waals surface area contributed by atoms with Gasteiger partial charge in [-0.1, -0.05) is 0 Å². The number of amides is 1. The van der Waals surface area contributed by atoms with Gasteiger partial charge in [0.25, 0.3) is 0 Å². The van der Waals surface area contributed by atoms with Crippen molar-refractivity contribution < 1.29 is 4.79 Å². The molecule has 0 aliphatic heterocycles. The fraction of sp³-hybridized carbons (Fsp3) is 0.400. The van der Waals surface area contributed by atoms with Crippen LogP contribution in [0.2, 0.25) is 0 Å². The summed E-state index contributed by atoms with van der Waals surface area (Å²) < 4.78 is 0. The summed E-state index contributed by atoms with van der Waals surface area (Å²) in [7, 11) is 0. The molecule has 0 atom stereocenters. The van der Waals surface area contributed by atoms with Crippen LogP contribution in [-0.4, -0.2) is 5.91 Å². The lowest BCUT2D eigenvalue weighted by molar-refractivity contribution is -0.118. The molecule has 0 aromatic rings. The van der Waals surface area contributed by atoms with Crippen LogP contribution in [0.3, 0.4) is 0 Å². The van der Waals surface area contributed by atoms with Crippen LogP contribution >= 0.6 is 0 Å². The smallest absolute Gasteiger partial charge is 0.222 e.